The predicted octanol–water partition coefficient (Wildman–Crippen LogP) is 2.43. The van der Waals surface area contributed by atoms with Gasteiger partial charge in [0.2, 0.25) is 0 Å². The number of aromatic amines is 1. The Morgan fingerprint density at radius 1 is 1.20 bits per heavy atom. The summed E-state index contributed by atoms with van der Waals surface area (Å²) in [5.74, 6) is -0.388. The highest BCUT2D eigenvalue weighted by Crippen LogP contribution is 2.39. The van der Waals surface area contributed by atoms with Crippen LogP contribution in [0.15, 0.2) is 37.7 Å². The van der Waals surface area contributed by atoms with E-state index >= 15 is 0 Å². The van der Waals surface area contributed by atoms with Gasteiger partial charge in [0, 0.05) is 5.75 Å². The summed E-state index contributed by atoms with van der Waals surface area (Å²) in [7, 11) is -0.562. The summed E-state index contributed by atoms with van der Waals surface area (Å²) in [6.07, 6.45) is 1.80. The largest absolute Gasteiger partial charge is 0.491 e. The second-order valence-corrected chi connectivity index (χ2v) is 7.35. The van der Waals surface area contributed by atoms with Crippen molar-refractivity contribution >= 4 is 36.7 Å². The van der Waals surface area contributed by atoms with Gasteiger partial charge < -0.3 is 13.7 Å². The van der Waals surface area contributed by atoms with Crippen LogP contribution in [0.5, 0.6) is 0 Å². The van der Waals surface area contributed by atoms with Gasteiger partial charge in [-0.2, -0.15) is 12.6 Å². The molecule has 132 valence electrons. The highest BCUT2D eigenvalue weighted by atomic mass is 32.1. The first-order valence-electron chi connectivity index (χ1n) is 7.98. The van der Waals surface area contributed by atoms with Gasteiger partial charge in [-0.1, -0.05) is 18.2 Å². The molecule has 1 N–H and O–H groups in total. The number of hydrogen-bond acceptors (Lipinski definition) is 6. The first-order valence-corrected chi connectivity index (χ1v) is 8.61. The van der Waals surface area contributed by atoms with Crippen molar-refractivity contribution in [3.8, 4) is 0 Å². The highest BCUT2D eigenvalue weighted by Gasteiger charge is 2.52. The Bertz CT molecular complexity index is 943. The predicted molar refractivity (Wildman–Crippen MR) is 101 cm³/mol. The fraction of sp³-hybridized carbons (Fsp3) is 0.412. The summed E-state index contributed by atoms with van der Waals surface area (Å²) in [4.78, 5) is 26.0. The van der Waals surface area contributed by atoms with Crippen molar-refractivity contribution in [3.63, 3.8) is 0 Å². The minimum absolute atomic E-state index is 0.304. The summed E-state index contributed by atoms with van der Waals surface area (Å²) >= 11 is 4.38. The fourth-order valence-corrected chi connectivity index (χ4v) is 2.92. The smallest absolute Gasteiger partial charge is 0.400 e. The van der Waals surface area contributed by atoms with Crippen LogP contribution in [0, 0.1) is 0 Å². The third kappa shape index (κ3) is 3.21. The van der Waals surface area contributed by atoms with Crippen LogP contribution >= 0.6 is 12.6 Å². The van der Waals surface area contributed by atoms with Crippen molar-refractivity contribution in [1.29, 1.82) is 0 Å². The number of benzene rings is 1. The molecular weight excluding hydrogens is 341 g/mol. The molecule has 6 nitrogen and oxygen atoms in total. The topological polar surface area (TPSA) is 81.5 Å². The molecule has 0 saturated carbocycles. The molecule has 3 rings (SSSR count). The van der Waals surface area contributed by atoms with Crippen LogP contribution in [-0.2, 0) is 9.31 Å². The van der Waals surface area contributed by atoms with Gasteiger partial charge in [0.05, 0.1) is 22.1 Å². The second-order valence-electron chi connectivity index (χ2n) is 7.04. The van der Waals surface area contributed by atoms with Gasteiger partial charge >= 0.3 is 18.5 Å². The molecule has 0 radical (unpaired) electrons. The van der Waals surface area contributed by atoms with E-state index in [0.29, 0.717) is 22.2 Å². The summed E-state index contributed by atoms with van der Waals surface area (Å²) in [5, 5.41) is 0.304. The van der Waals surface area contributed by atoms with Crippen LogP contribution in [-0.4, -0.2) is 29.1 Å². The van der Waals surface area contributed by atoms with Gasteiger partial charge in [0.15, 0.2) is 0 Å². The summed E-state index contributed by atoms with van der Waals surface area (Å²) in [6.45, 7) is 7.89. The normalized spacial score (nSPS) is 19.6. The summed E-state index contributed by atoms with van der Waals surface area (Å²) in [5.41, 5.74) is 0.188. The standard InChI is InChI=1S/C17H20BNO5S/c1-16(2)17(3,4)24-18(23-16)11(9-25)8-10-6-5-7-12-13(10)14(20)22-15(21)19-12/h5-8,25H,9H2,1-4H3,(H,19,21). The number of H-pyrrole nitrogens is 1. The fourth-order valence-electron chi connectivity index (χ4n) is 2.68. The molecule has 1 fully saturated rings. The number of nitrogens with one attached hydrogen (secondary N) is 1. The summed E-state index contributed by atoms with van der Waals surface area (Å²) < 4.78 is 16.8. The van der Waals surface area contributed by atoms with Crippen molar-refractivity contribution < 1.29 is 13.7 Å². The summed E-state index contributed by atoms with van der Waals surface area (Å²) in [6, 6.07) is 5.18. The molecule has 2 aromatic rings. The van der Waals surface area contributed by atoms with Gasteiger partial charge in [-0.3, -0.25) is 4.98 Å². The average molecular weight is 361 g/mol. The lowest BCUT2D eigenvalue weighted by Crippen LogP contribution is -2.41. The van der Waals surface area contributed by atoms with Crippen LogP contribution in [0.4, 0.5) is 0 Å². The molecule has 0 unspecified atom stereocenters. The molecule has 1 saturated heterocycles. The van der Waals surface area contributed by atoms with E-state index in [4.69, 9.17) is 9.31 Å². The lowest BCUT2D eigenvalue weighted by molar-refractivity contribution is 0.00578. The van der Waals surface area contributed by atoms with Crippen molar-refractivity contribution in [3.05, 3.63) is 50.2 Å². The highest BCUT2D eigenvalue weighted by molar-refractivity contribution is 7.80. The lowest BCUT2D eigenvalue weighted by Gasteiger charge is -2.32. The number of rotatable bonds is 3. The molecule has 0 bridgehead atoms. The first kappa shape index (κ1) is 18.0. The lowest BCUT2D eigenvalue weighted by atomic mass is 9.78. The Morgan fingerprint density at radius 3 is 2.44 bits per heavy atom. The van der Waals surface area contributed by atoms with Gasteiger partial charge in [0.1, 0.15) is 0 Å². The van der Waals surface area contributed by atoms with Crippen LogP contribution in [0.1, 0.15) is 33.3 Å². The van der Waals surface area contributed by atoms with E-state index in [9.17, 15) is 9.59 Å². The SMILES string of the molecule is CC1(C)OB(C(=Cc2cccc3[nH]c(=O)oc(=O)c23)CS)OC1(C)C. The Balaban J connectivity index is 2.09. The van der Waals surface area contributed by atoms with E-state index in [1.165, 1.54) is 0 Å². The molecule has 8 heteroatoms. The first-order chi connectivity index (χ1) is 11.6. The molecule has 0 amide bonds. The van der Waals surface area contributed by atoms with Crippen LogP contribution in [0.3, 0.4) is 0 Å². The molecule has 0 aliphatic carbocycles. The van der Waals surface area contributed by atoms with E-state index in [-0.39, 0.29) is 0 Å². The zero-order chi connectivity index (χ0) is 18.4. The zero-order valence-electron chi connectivity index (χ0n) is 14.6. The minimum atomic E-state index is -0.779. The van der Waals surface area contributed by atoms with E-state index < -0.39 is 29.7 Å². The maximum absolute atomic E-state index is 12.1. The van der Waals surface area contributed by atoms with E-state index in [1.807, 2.05) is 27.7 Å². The molecular formula is C17H20BNO5S. The quantitative estimate of drug-likeness (QED) is 0.648. The molecule has 1 aromatic heterocycles. The maximum Gasteiger partial charge on any atom is 0.491 e. The number of thiol groups is 1. The third-order valence-corrected chi connectivity index (χ3v) is 5.17. The molecule has 0 spiro atoms. The third-order valence-electron chi connectivity index (χ3n) is 4.80. The monoisotopic (exact) mass is 361 g/mol. The Morgan fingerprint density at radius 2 is 1.84 bits per heavy atom. The molecule has 0 atom stereocenters. The molecule has 1 aliphatic heterocycles. The van der Waals surface area contributed by atoms with E-state index in [0.717, 1.165) is 5.47 Å². The van der Waals surface area contributed by atoms with Gasteiger partial charge in [-0.15, -0.1) is 0 Å². The van der Waals surface area contributed by atoms with Crippen LogP contribution in [0.25, 0.3) is 17.0 Å². The molecule has 1 aromatic carbocycles. The van der Waals surface area contributed by atoms with Crippen LogP contribution in [0.2, 0.25) is 0 Å². The average Bonchev–Trinajstić information content (AvgIpc) is 2.72. The zero-order valence-corrected chi connectivity index (χ0v) is 15.5. The molecule has 1 aliphatic rings. The molecule has 2 heterocycles. The Hall–Kier alpha value is -1.77. The van der Waals surface area contributed by atoms with Crippen LogP contribution < -0.4 is 11.4 Å². The Labute approximate surface area is 150 Å². The van der Waals surface area contributed by atoms with Gasteiger partial charge in [0.25, 0.3) is 0 Å². The van der Waals surface area contributed by atoms with E-state index in [2.05, 4.69) is 22.0 Å². The second kappa shape index (κ2) is 6.19. The van der Waals surface area contributed by atoms with Crippen molar-refractivity contribution in [2.45, 2.75) is 38.9 Å². The number of aromatic nitrogens is 1. The maximum atomic E-state index is 12.1. The molecule has 25 heavy (non-hydrogen) atoms. The number of hydrogen-bond donors (Lipinski definition) is 2. The van der Waals surface area contributed by atoms with Crippen molar-refractivity contribution in [2.24, 2.45) is 0 Å². The van der Waals surface area contributed by atoms with Gasteiger partial charge in [-0.25, -0.2) is 9.59 Å². The Kier molecular flexibility index (Phi) is 4.47. The van der Waals surface area contributed by atoms with E-state index in [1.54, 1.807) is 24.3 Å². The minimum Gasteiger partial charge on any atom is -0.400 e. The van der Waals surface area contributed by atoms with Gasteiger partial charge in [-0.05, 0) is 44.8 Å². The van der Waals surface area contributed by atoms with Crippen molar-refractivity contribution in [1.82, 2.24) is 4.98 Å². The number of fused-ring (bicyclic) bond motifs is 1. The van der Waals surface area contributed by atoms with Crippen molar-refractivity contribution in [2.75, 3.05) is 5.75 Å².